The molecule has 2 N–H and O–H groups in total. The molecular formula is C18H15F3N2O2S2. The smallest absolute Gasteiger partial charge is 0.406 e. The fourth-order valence-corrected chi connectivity index (χ4v) is 4.35. The van der Waals surface area contributed by atoms with Crippen LogP contribution in [0.2, 0.25) is 0 Å². The van der Waals surface area contributed by atoms with Gasteiger partial charge in [0.25, 0.3) is 0 Å². The highest BCUT2D eigenvalue weighted by atomic mass is 32.2. The van der Waals surface area contributed by atoms with E-state index in [1.165, 1.54) is 35.6 Å². The monoisotopic (exact) mass is 412 g/mol. The largest absolute Gasteiger partial charge is 0.573 e. The van der Waals surface area contributed by atoms with Gasteiger partial charge in [0.2, 0.25) is 0 Å². The molecule has 0 aliphatic heterocycles. The highest BCUT2D eigenvalue weighted by molar-refractivity contribution is 8.00. The molecule has 0 spiro atoms. The van der Waals surface area contributed by atoms with Crippen LogP contribution in [-0.2, 0) is 5.75 Å². The molecule has 3 rings (SSSR count). The summed E-state index contributed by atoms with van der Waals surface area (Å²) in [7, 11) is 0. The van der Waals surface area contributed by atoms with E-state index < -0.39 is 12.6 Å². The van der Waals surface area contributed by atoms with E-state index in [1.807, 2.05) is 23.6 Å². The van der Waals surface area contributed by atoms with E-state index in [0.29, 0.717) is 5.69 Å². The minimum absolute atomic E-state index is 0.313. The Balaban J connectivity index is 1.61. The maximum atomic E-state index is 12.2. The van der Waals surface area contributed by atoms with Crippen molar-refractivity contribution in [3.8, 4) is 5.75 Å². The first-order valence-corrected chi connectivity index (χ1v) is 9.67. The van der Waals surface area contributed by atoms with Crippen molar-refractivity contribution in [2.45, 2.75) is 22.6 Å². The van der Waals surface area contributed by atoms with E-state index >= 15 is 0 Å². The van der Waals surface area contributed by atoms with Crippen LogP contribution in [0.3, 0.4) is 0 Å². The number of nitrogens with zero attached hydrogens (tertiary/aromatic N) is 1. The Morgan fingerprint density at radius 3 is 2.48 bits per heavy atom. The molecule has 1 atom stereocenters. The van der Waals surface area contributed by atoms with Gasteiger partial charge in [-0.15, -0.1) is 36.3 Å². The number of hydrogen-bond acceptors (Lipinski definition) is 6. The van der Waals surface area contributed by atoms with Crippen LogP contribution in [0, 0.1) is 0 Å². The number of aromatic nitrogens is 1. The lowest BCUT2D eigenvalue weighted by molar-refractivity contribution is -0.274. The maximum Gasteiger partial charge on any atom is 0.573 e. The minimum Gasteiger partial charge on any atom is -0.406 e. The first-order chi connectivity index (χ1) is 12.9. The van der Waals surface area contributed by atoms with Crippen LogP contribution in [0.25, 0.3) is 0 Å². The zero-order valence-electron chi connectivity index (χ0n) is 13.8. The van der Waals surface area contributed by atoms with Gasteiger partial charge < -0.3 is 15.2 Å². The molecule has 0 radical (unpaired) electrons. The van der Waals surface area contributed by atoms with Crippen molar-refractivity contribution in [3.63, 3.8) is 0 Å². The van der Waals surface area contributed by atoms with E-state index in [4.69, 9.17) is 0 Å². The molecule has 142 valence electrons. The summed E-state index contributed by atoms with van der Waals surface area (Å²) in [5, 5.41) is 15.2. The lowest BCUT2D eigenvalue weighted by atomic mass is 10.2. The average Bonchev–Trinajstić information content (AvgIpc) is 3.10. The van der Waals surface area contributed by atoms with Crippen molar-refractivity contribution < 1.29 is 23.0 Å². The molecule has 2 aromatic heterocycles. The van der Waals surface area contributed by atoms with Gasteiger partial charge in [-0.05, 0) is 53.4 Å². The average molecular weight is 412 g/mol. The fourth-order valence-electron chi connectivity index (χ4n) is 2.24. The normalized spacial score (nSPS) is 12.6. The number of ether oxygens (including phenoxy) is 1. The number of alkyl halides is 3. The summed E-state index contributed by atoms with van der Waals surface area (Å²) in [4.78, 5) is 3.98. The fraction of sp³-hybridized carbons (Fsp3) is 0.167. The van der Waals surface area contributed by atoms with Gasteiger partial charge in [0.1, 0.15) is 5.75 Å². The molecule has 0 fully saturated rings. The number of nitrogens with one attached hydrogen (secondary N) is 1. The number of aliphatic hydroxyl groups is 1. The minimum atomic E-state index is -4.73. The number of anilines is 1. The van der Waals surface area contributed by atoms with Gasteiger partial charge in [-0.1, -0.05) is 0 Å². The third-order valence-corrected chi connectivity index (χ3v) is 5.80. The van der Waals surface area contributed by atoms with Crippen LogP contribution in [0.15, 0.2) is 64.4 Å². The zero-order valence-corrected chi connectivity index (χ0v) is 15.4. The molecule has 0 saturated carbocycles. The summed E-state index contributed by atoms with van der Waals surface area (Å²) in [5.74, 6) is 0.429. The molecule has 0 bridgehead atoms. The van der Waals surface area contributed by atoms with Crippen LogP contribution in [0.4, 0.5) is 18.9 Å². The molecule has 4 nitrogen and oxygen atoms in total. The van der Waals surface area contributed by atoms with Crippen molar-refractivity contribution in [2.24, 2.45) is 0 Å². The van der Waals surface area contributed by atoms with Gasteiger partial charge >= 0.3 is 6.36 Å². The Hall–Kier alpha value is -2.23. The van der Waals surface area contributed by atoms with Crippen molar-refractivity contribution in [2.75, 3.05) is 5.32 Å². The summed E-state index contributed by atoms with van der Waals surface area (Å²) in [6, 6.07) is 10.9. The quantitative estimate of drug-likeness (QED) is 0.400. The SMILES string of the molecule is OC(Nc1ccc(OC(F)(F)F)cc1)c1ccsc1SCc1ccncc1. The molecule has 0 saturated heterocycles. The Kier molecular flexibility index (Phi) is 6.25. The summed E-state index contributed by atoms with van der Waals surface area (Å²) in [5.41, 5.74) is 2.32. The second kappa shape index (κ2) is 8.64. The van der Waals surface area contributed by atoms with Crippen molar-refractivity contribution >= 4 is 28.8 Å². The Morgan fingerprint density at radius 1 is 1.11 bits per heavy atom. The van der Waals surface area contributed by atoms with Crippen LogP contribution in [0.1, 0.15) is 17.4 Å². The molecule has 27 heavy (non-hydrogen) atoms. The van der Waals surface area contributed by atoms with Gasteiger partial charge in [-0.25, -0.2) is 0 Å². The third kappa shape index (κ3) is 5.88. The molecule has 9 heteroatoms. The van der Waals surface area contributed by atoms with Gasteiger partial charge in [-0.3, -0.25) is 4.98 Å². The third-order valence-electron chi connectivity index (χ3n) is 3.46. The van der Waals surface area contributed by atoms with Crippen LogP contribution >= 0.6 is 23.1 Å². The molecule has 1 aromatic carbocycles. The number of thioether (sulfide) groups is 1. The van der Waals surface area contributed by atoms with E-state index in [2.05, 4.69) is 15.0 Å². The maximum absolute atomic E-state index is 12.2. The van der Waals surface area contributed by atoms with Crippen molar-refractivity contribution in [1.29, 1.82) is 0 Å². The Labute approximate surface area is 162 Å². The first-order valence-electron chi connectivity index (χ1n) is 7.80. The number of pyridine rings is 1. The van der Waals surface area contributed by atoms with Gasteiger partial charge in [-0.2, -0.15) is 0 Å². The number of rotatable bonds is 7. The van der Waals surface area contributed by atoms with Crippen molar-refractivity contribution in [1.82, 2.24) is 4.98 Å². The second-order valence-corrected chi connectivity index (χ2v) is 7.59. The number of hydrogen-bond donors (Lipinski definition) is 2. The molecule has 0 aliphatic carbocycles. The summed E-state index contributed by atoms with van der Waals surface area (Å²) in [6.07, 6.45) is -2.25. The first kappa shape index (κ1) is 19.5. The summed E-state index contributed by atoms with van der Waals surface area (Å²) in [6.45, 7) is 0. The number of thiophene rings is 1. The van der Waals surface area contributed by atoms with Crippen LogP contribution in [-0.4, -0.2) is 16.5 Å². The van der Waals surface area contributed by atoms with E-state index in [0.717, 1.165) is 21.1 Å². The lowest BCUT2D eigenvalue weighted by Crippen LogP contribution is -2.17. The molecule has 0 amide bonds. The number of halogens is 3. The Morgan fingerprint density at radius 2 is 1.81 bits per heavy atom. The standard InChI is InChI=1S/C18H15F3N2O2S2/c19-18(20,21)25-14-3-1-13(2-4-14)23-16(24)15-7-10-26-17(15)27-11-12-5-8-22-9-6-12/h1-10,16,23-24H,11H2. The van der Waals surface area contributed by atoms with E-state index in [9.17, 15) is 18.3 Å². The molecule has 3 aromatic rings. The van der Waals surface area contributed by atoms with E-state index in [-0.39, 0.29) is 5.75 Å². The molecular weight excluding hydrogens is 397 g/mol. The zero-order chi connectivity index (χ0) is 19.3. The Bertz CT molecular complexity index is 855. The predicted molar refractivity (Wildman–Crippen MR) is 99.8 cm³/mol. The van der Waals surface area contributed by atoms with E-state index in [1.54, 1.807) is 24.2 Å². The highest BCUT2D eigenvalue weighted by Gasteiger charge is 2.31. The lowest BCUT2D eigenvalue weighted by Gasteiger charge is -2.16. The van der Waals surface area contributed by atoms with Crippen LogP contribution in [0.5, 0.6) is 5.75 Å². The van der Waals surface area contributed by atoms with Gasteiger partial charge in [0, 0.05) is 29.4 Å². The van der Waals surface area contributed by atoms with Gasteiger partial charge in [0.05, 0.1) is 4.21 Å². The van der Waals surface area contributed by atoms with Crippen LogP contribution < -0.4 is 10.1 Å². The molecule has 0 aliphatic rings. The predicted octanol–water partition coefficient (Wildman–Crippen LogP) is 5.44. The number of benzene rings is 1. The highest BCUT2D eigenvalue weighted by Crippen LogP contribution is 2.35. The molecule has 2 heterocycles. The van der Waals surface area contributed by atoms with Gasteiger partial charge in [0.15, 0.2) is 6.23 Å². The summed E-state index contributed by atoms with van der Waals surface area (Å²) < 4.78 is 41.4. The summed E-state index contributed by atoms with van der Waals surface area (Å²) >= 11 is 3.12. The number of aliphatic hydroxyl groups excluding tert-OH is 1. The second-order valence-electron chi connectivity index (χ2n) is 5.43. The van der Waals surface area contributed by atoms with Crippen molar-refractivity contribution in [3.05, 3.63) is 71.4 Å². The molecule has 1 unspecified atom stereocenters. The topological polar surface area (TPSA) is 54.4 Å².